The van der Waals surface area contributed by atoms with Gasteiger partial charge in [-0.1, -0.05) is 90.4 Å². The minimum atomic E-state index is -2.28. The number of hydrogen-bond acceptors (Lipinski definition) is 1. The number of hydrogen-bond donors (Lipinski definition) is 1. The van der Waals surface area contributed by atoms with Crippen molar-refractivity contribution in [3.05, 3.63) is 0 Å². The predicted molar refractivity (Wildman–Crippen MR) is 127 cm³/mol. The SMILES string of the molecule is Br.CCCCCCCCCCCCCCCCN.[CH]12[CH]3[CH]4[CH]5[CH]1[Fe]23451678[CH]2[CH]1[CH]6[CH]7[CH]28. The van der Waals surface area contributed by atoms with Gasteiger partial charge in [-0.05, 0) is 13.0 Å². The van der Waals surface area contributed by atoms with Gasteiger partial charge < -0.3 is 5.73 Å². The number of unbranched alkanes of at least 4 members (excludes halogenated alkanes) is 13. The van der Waals surface area contributed by atoms with Crippen molar-refractivity contribution in [2.75, 3.05) is 6.54 Å². The molecule has 3 heteroatoms. The molecule has 0 radical (unpaired) electrons. The molecule has 0 aromatic heterocycles. The molecule has 0 atom stereocenters. The third-order valence-electron chi connectivity index (χ3n) is 18.1. The van der Waals surface area contributed by atoms with Crippen molar-refractivity contribution >= 4 is 17.0 Å². The molecule has 10 saturated heterocycles. The summed E-state index contributed by atoms with van der Waals surface area (Å²) in [4.78, 5) is 15.9. The van der Waals surface area contributed by atoms with E-state index in [0.717, 1.165) is 6.54 Å². The molecule has 10 heterocycles. The Morgan fingerprint density at radius 2 is 0.690 bits per heavy atom. The van der Waals surface area contributed by atoms with Crippen molar-refractivity contribution in [3.63, 3.8) is 0 Å². The van der Waals surface area contributed by atoms with E-state index in [-0.39, 0.29) is 17.0 Å². The molecule has 1 nitrogen and oxygen atoms in total. The maximum atomic E-state index is 5.47. The molecule has 170 valence electrons. The van der Waals surface area contributed by atoms with Crippen LogP contribution in [0, 0.1) is 0 Å². The summed E-state index contributed by atoms with van der Waals surface area (Å²) in [5.74, 6) is 0. The summed E-state index contributed by atoms with van der Waals surface area (Å²) in [6, 6.07) is 0. The molecule has 10 rings (SSSR count). The van der Waals surface area contributed by atoms with E-state index in [1.807, 2.05) is 0 Å². The first-order valence-electron chi connectivity index (χ1n) is 13.5. The Labute approximate surface area is 180 Å². The van der Waals surface area contributed by atoms with Crippen molar-refractivity contribution in [2.45, 2.75) is 145 Å². The average molecular weight is 508 g/mol. The van der Waals surface area contributed by atoms with Crippen LogP contribution in [0.5, 0.6) is 0 Å². The Morgan fingerprint density at radius 3 is 0.862 bits per heavy atom. The molecule has 29 heavy (non-hydrogen) atoms. The van der Waals surface area contributed by atoms with Crippen molar-refractivity contribution in [2.24, 2.45) is 5.73 Å². The summed E-state index contributed by atoms with van der Waals surface area (Å²) in [6.45, 7) is 0.875. The van der Waals surface area contributed by atoms with Crippen molar-refractivity contribution in [1.29, 1.82) is 0 Å². The first-order chi connectivity index (χ1) is 13.6. The monoisotopic (exact) mass is 507 g/mol. The van der Waals surface area contributed by atoms with Gasteiger partial charge in [-0.15, -0.1) is 17.0 Å². The number of nitrogens with two attached hydrogens (primary N) is 1. The van der Waals surface area contributed by atoms with Crippen LogP contribution in [0.4, 0.5) is 0 Å². The van der Waals surface area contributed by atoms with Crippen LogP contribution in [0.25, 0.3) is 0 Å². The Balaban J connectivity index is 0.0000000978. The van der Waals surface area contributed by atoms with Crippen LogP contribution in [0.3, 0.4) is 0 Å². The number of fused-ring (bicyclic) bond motifs is 10. The Hall–Kier alpha value is 0.959. The van der Waals surface area contributed by atoms with Crippen LogP contribution in [-0.2, 0) is 6.51 Å². The molecule has 1 spiro atoms. The fourth-order valence-electron chi connectivity index (χ4n) is 18.2. The fraction of sp³-hybridized carbons (Fsp3) is 1.00. The van der Waals surface area contributed by atoms with E-state index < -0.39 is 6.51 Å². The Bertz CT molecular complexity index is 806. The van der Waals surface area contributed by atoms with E-state index in [0.29, 0.717) is 0 Å². The molecule has 10 aliphatic heterocycles. The minimum absolute atomic E-state index is 0. The zero-order valence-electron chi connectivity index (χ0n) is 18.7. The molecular formula is C26H46BrFeN. The van der Waals surface area contributed by atoms with E-state index in [4.69, 9.17) is 5.73 Å². The molecule has 0 aromatic rings. The summed E-state index contributed by atoms with van der Waals surface area (Å²) in [7, 11) is 0. The van der Waals surface area contributed by atoms with E-state index in [1.54, 1.807) is 48.2 Å². The molecule has 10 aliphatic rings. The Kier molecular flexibility index (Phi) is 1.74. The standard InChI is InChI=1S/C16H35N.2C5H5.BrH.Fe/c1-2-3-4-5-6-7-8-9-10-11-12-13-14-15-16-17;2*1-2-4-5-3-1;;/h2-17H2,1H3;2*1-5H;1H;. The molecule has 0 bridgehead atoms. The number of rotatable bonds is 14. The zero-order chi connectivity index (χ0) is 18.7. The van der Waals surface area contributed by atoms with Gasteiger partial charge in [0.15, 0.2) is 0 Å². The van der Waals surface area contributed by atoms with Crippen molar-refractivity contribution in [1.82, 2.24) is 0 Å². The van der Waals surface area contributed by atoms with Gasteiger partial charge in [0, 0.05) is 0 Å². The second-order valence-electron chi connectivity index (χ2n) is 15.0. The normalized spacial score (nSPS) is 71.2. The molecule has 0 unspecified atom stereocenters. The summed E-state index contributed by atoms with van der Waals surface area (Å²) < 4.78 is 0. The second kappa shape index (κ2) is 2.74. The van der Waals surface area contributed by atoms with Gasteiger partial charge in [-0.2, -0.15) is 0 Å². The van der Waals surface area contributed by atoms with Gasteiger partial charge in [-0.3, -0.25) is 0 Å². The first-order valence-corrected chi connectivity index (χ1v) is 19.9. The molecular weight excluding hydrogens is 462 g/mol. The topological polar surface area (TPSA) is 26.0 Å². The third-order valence-corrected chi connectivity index (χ3v) is 60.0. The van der Waals surface area contributed by atoms with Gasteiger partial charge >= 0.3 is 54.7 Å². The second-order valence-corrected chi connectivity index (χ2v) is 38.9. The fourth-order valence-corrected chi connectivity index (χ4v) is 90.3. The zero-order valence-corrected chi connectivity index (χ0v) is 21.5. The van der Waals surface area contributed by atoms with Crippen LogP contribution >= 0.6 is 17.0 Å². The summed E-state index contributed by atoms with van der Waals surface area (Å²) in [6.07, 6.45) is 19.9. The molecule has 0 aliphatic carbocycles. The molecule has 0 saturated carbocycles. The van der Waals surface area contributed by atoms with E-state index in [1.165, 1.54) is 89.9 Å². The molecule has 0 amide bonds. The maximum absolute atomic E-state index is 5.47. The van der Waals surface area contributed by atoms with Crippen molar-refractivity contribution < 1.29 is 6.51 Å². The van der Waals surface area contributed by atoms with Crippen LogP contribution in [0.2, 0.25) is 48.2 Å². The Morgan fingerprint density at radius 1 is 0.448 bits per heavy atom. The summed E-state index contributed by atoms with van der Waals surface area (Å²) >= 11 is 0. The van der Waals surface area contributed by atoms with Gasteiger partial charge in [0.05, 0.1) is 0 Å². The van der Waals surface area contributed by atoms with Crippen LogP contribution in [0.1, 0.15) is 96.8 Å². The molecule has 0 aromatic carbocycles. The summed E-state index contributed by atoms with van der Waals surface area (Å²) in [5.41, 5.74) is 5.47. The van der Waals surface area contributed by atoms with Gasteiger partial charge in [0.2, 0.25) is 0 Å². The van der Waals surface area contributed by atoms with Gasteiger partial charge in [-0.25, -0.2) is 0 Å². The molecule has 2 N–H and O–H groups in total. The summed E-state index contributed by atoms with van der Waals surface area (Å²) in [5, 5.41) is 0. The third kappa shape index (κ3) is 0.456. The van der Waals surface area contributed by atoms with Gasteiger partial charge in [0.25, 0.3) is 0 Å². The van der Waals surface area contributed by atoms with E-state index in [9.17, 15) is 0 Å². The van der Waals surface area contributed by atoms with Crippen LogP contribution < -0.4 is 5.73 Å². The molecule has 10 fully saturated rings. The van der Waals surface area contributed by atoms with E-state index in [2.05, 4.69) is 6.92 Å². The van der Waals surface area contributed by atoms with Gasteiger partial charge in [0.1, 0.15) is 0 Å². The van der Waals surface area contributed by atoms with Crippen LogP contribution in [-0.4, -0.2) is 6.54 Å². The van der Waals surface area contributed by atoms with Crippen molar-refractivity contribution in [3.8, 4) is 0 Å². The first kappa shape index (κ1) is 18.4. The van der Waals surface area contributed by atoms with Crippen LogP contribution in [0.15, 0.2) is 0 Å². The number of halogens is 1. The predicted octanol–water partition coefficient (Wildman–Crippen LogP) is 9.38. The van der Waals surface area contributed by atoms with E-state index >= 15 is 0 Å². The quantitative estimate of drug-likeness (QED) is 0.184. The average Bonchev–Trinajstić information content (AvgIpc) is 3.64.